The molecule has 1 N–H and O–H groups in total. The Labute approximate surface area is 136 Å². The summed E-state index contributed by atoms with van der Waals surface area (Å²) >= 11 is 4.05. The van der Waals surface area contributed by atoms with E-state index in [2.05, 4.69) is 31.3 Å². The van der Waals surface area contributed by atoms with Crippen molar-refractivity contribution < 1.29 is 9.47 Å². The molecule has 1 saturated heterocycles. The second kappa shape index (κ2) is 7.65. The van der Waals surface area contributed by atoms with Gasteiger partial charge in [0, 0.05) is 6.54 Å². The highest BCUT2D eigenvalue weighted by molar-refractivity contribution is 8.18. The van der Waals surface area contributed by atoms with E-state index in [1.165, 1.54) is 23.5 Å². The molecule has 1 heterocycles. The molecule has 0 bridgehead atoms. The lowest BCUT2D eigenvalue weighted by molar-refractivity contribution is 0.354. The van der Waals surface area contributed by atoms with E-state index >= 15 is 0 Å². The molecule has 5 heteroatoms. The number of nitrogens with one attached hydrogen (secondary N) is 1. The van der Waals surface area contributed by atoms with Gasteiger partial charge in [-0.3, -0.25) is 5.32 Å². The summed E-state index contributed by atoms with van der Waals surface area (Å²) < 4.78 is 10.8. The third-order valence-corrected chi connectivity index (χ3v) is 6.83. The Morgan fingerprint density at radius 1 is 1.19 bits per heavy atom. The van der Waals surface area contributed by atoms with Crippen molar-refractivity contribution in [1.29, 1.82) is 0 Å². The van der Waals surface area contributed by atoms with Crippen LogP contribution >= 0.6 is 23.5 Å². The van der Waals surface area contributed by atoms with Crippen LogP contribution in [0.1, 0.15) is 31.7 Å². The highest BCUT2D eigenvalue weighted by atomic mass is 32.2. The molecule has 0 saturated carbocycles. The minimum Gasteiger partial charge on any atom is -0.493 e. The Bertz CT molecular complexity index is 462. The summed E-state index contributed by atoms with van der Waals surface area (Å²) in [7, 11) is 3.35. The fraction of sp³-hybridized carbons (Fsp3) is 0.625. The normalized spacial score (nSPS) is 19.0. The van der Waals surface area contributed by atoms with E-state index in [4.69, 9.17) is 9.47 Å². The fourth-order valence-corrected chi connectivity index (χ4v) is 5.10. The number of hydrogen-bond acceptors (Lipinski definition) is 5. The van der Waals surface area contributed by atoms with Gasteiger partial charge in [-0.05, 0) is 48.5 Å². The number of rotatable bonds is 6. The highest BCUT2D eigenvalue weighted by Gasteiger charge is 2.28. The van der Waals surface area contributed by atoms with Crippen LogP contribution in [-0.2, 0) is 0 Å². The third kappa shape index (κ3) is 4.47. The zero-order chi connectivity index (χ0) is 15.3. The van der Waals surface area contributed by atoms with Crippen molar-refractivity contribution in [1.82, 2.24) is 5.32 Å². The zero-order valence-electron chi connectivity index (χ0n) is 13.3. The molecule has 1 unspecified atom stereocenters. The Kier molecular flexibility index (Phi) is 6.14. The van der Waals surface area contributed by atoms with Gasteiger partial charge in [0.05, 0.1) is 14.2 Å². The number of thioether (sulfide) groups is 2. The lowest BCUT2D eigenvalue weighted by Gasteiger charge is -2.34. The summed E-state index contributed by atoms with van der Waals surface area (Å²) in [6, 6.07) is 6.18. The van der Waals surface area contributed by atoms with E-state index in [0.29, 0.717) is 5.92 Å². The van der Waals surface area contributed by atoms with Crippen molar-refractivity contribution in [3.8, 4) is 11.5 Å². The SMILES string of the molecule is COc1ccc(C(C)CNC2(C)SCCCS2)cc1OC. The third-order valence-electron chi connectivity index (χ3n) is 3.75. The molecule has 1 fully saturated rings. The van der Waals surface area contributed by atoms with Gasteiger partial charge in [-0.25, -0.2) is 0 Å². The largest absolute Gasteiger partial charge is 0.493 e. The first-order valence-corrected chi connectivity index (χ1v) is 9.30. The Morgan fingerprint density at radius 3 is 2.48 bits per heavy atom. The van der Waals surface area contributed by atoms with Crippen LogP contribution in [0, 0.1) is 0 Å². The van der Waals surface area contributed by atoms with Gasteiger partial charge in [0.2, 0.25) is 0 Å². The minimum atomic E-state index is 0.156. The molecular formula is C16H25NO2S2. The van der Waals surface area contributed by atoms with E-state index < -0.39 is 0 Å². The van der Waals surface area contributed by atoms with Crippen LogP contribution < -0.4 is 14.8 Å². The molecule has 0 aliphatic carbocycles. The van der Waals surface area contributed by atoms with Crippen LogP contribution in [0.4, 0.5) is 0 Å². The molecule has 3 nitrogen and oxygen atoms in total. The lowest BCUT2D eigenvalue weighted by Crippen LogP contribution is -2.40. The summed E-state index contributed by atoms with van der Waals surface area (Å²) in [5.74, 6) is 4.52. The summed E-state index contributed by atoms with van der Waals surface area (Å²) in [4.78, 5) is 0. The van der Waals surface area contributed by atoms with Crippen LogP contribution in [0.25, 0.3) is 0 Å². The lowest BCUT2D eigenvalue weighted by atomic mass is 10.0. The molecule has 0 spiro atoms. The second-order valence-electron chi connectivity index (χ2n) is 5.39. The Hall–Kier alpha value is -0.520. The van der Waals surface area contributed by atoms with Crippen molar-refractivity contribution in [3.63, 3.8) is 0 Å². The monoisotopic (exact) mass is 327 g/mol. The Morgan fingerprint density at radius 2 is 1.86 bits per heavy atom. The quantitative estimate of drug-likeness (QED) is 0.855. The van der Waals surface area contributed by atoms with Crippen LogP contribution in [0.3, 0.4) is 0 Å². The molecule has 0 amide bonds. The molecular weight excluding hydrogens is 302 g/mol. The summed E-state index contributed by atoms with van der Waals surface area (Å²) in [6.45, 7) is 5.50. The summed E-state index contributed by atoms with van der Waals surface area (Å²) in [6.07, 6.45) is 1.32. The smallest absolute Gasteiger partial charge is 0.160 e. The van der Waals surface area contributed by atoms with Gasteiger partial charge in [-0.1, -0.05) is 13.0 Å². The average Bonchev–Trinajstić information content (AvgIpc) is 2.52. The maximum Gasteiger partial charge on any atom is 0.160 e. The van der Waals surface area contributed by atoms with E-state index in [1.54, 1.807) is 14.2 Å². The standard InChI is InChI=1S/C16H25NO2S2/c1-12(11-17-16(2)20-8-5-9-21-16)13-6-7-14(18-3)15(10-13)19-4/h6-7,10,12,17H,5,8-9,11H2,1-4H3. The molecule has 1 aromatic carbocycles. The van der Waals surface area contributed by atoms with Gasteiger partial charge in [0.15, 0.2) is 11.5 Å². The number of benzene rings is 1. The first-order chi connectivity index (χ1) is 10.1. The second-order valence-corrected chi connectivity index (χ2v) is 8.68. The van der Waals surface area contributed by atoms with Gasteiger partial charge < -0.3 is 9.47 Å². The molecule has 21 heavy (non-hydrogen) atoms. The van der Waals surface area contributed by atoms with Gasteiger partial charge in [0.25, 0.3) is 0 Å². The topological polar surface area (TPSA) is 30.5 Å². The van der Waals surface area contributed by atoms with E-state index in [9.17, 15) is 0 Å². The number of methoxy groups -OCH3 is 2. The van der Waals surface area contributed by atoms with Crippen LogP contribution in [0.2, 0.25) is 0 Å². The maximum absolute atomic E-state index is 5.39. The van der Waals surface area contributed by atoms with Crippen molar-refractivity contribution >= 4 is 23.5 Å². The van der Waals surface area contributed by atoms with Crippen molar-refractivity contribution in [3.05, 3.63) is 23.8 Å². The van der Waals surface area contributed by atoms with Crippen molar-refractivity contribution in [2.24, 2.45) is 0 Å². The first kappa shape index (κ1) is 16.8. The molecule has 1 aliphatic rings. The van der Waals surface area contributed by atoms with Gasteiger partial charge >= 0.3 is 0 Å². The van der Waals surface area contributed by atoms with Crippen molar-refractivity contribution in [2.45, 2.75) is 30.4 Å². The van der Waals surface area contributed by atoms with E-state index in [1.807, 2.05) is 29.6 Å². The average molecular weight is 328 g/mol. The molecule has 1 atom stereocenters. The van der Waals surface area contributed by atoms with Crippen LogP contribution in [0.15, 0.2) is 18.2 Å². The molecule has 1 aromatic rings. The minimum absolute atomic E-state index is 0.156. The highest BCUT2D eigenvalue weighted by Crippen LogP contribution is 2.39. The summed E-state index contributed by atoms with van der Waals surface area (Å²) in [5, 5.41) is 3.72. The molecule has 1 aliphatic heterocycles. The molecule has 2 rings (SSSR count). The van der Waals surface area contributed by atoms with Gasteiger partial charge in [0.1, 0.15) is 4.20 Å². The van der Waals surface area contributed by atoms with Crippen LogP contribution in [-0.4, -0.2) is 36.5 Å². The van der Waals surface area contributed by atoms with Gasteiger partial charge in [-0.15, -0.1) is 23.5 Å². The van der Waals surface area contributed by atoms with Gasteiger partial charge in [-0.2, -0.15) is 0 Å². The molecule has 118 valence electrons. The van der Waals surface area contributed by atoms with E-state index in [-0.39, 0.29) is 4.20 Å². The fourth-order valence-electron chi connectivity index (χ4n) is 2.35. The Balaban J connectivity index is 1.98. The first-order valence-electron chi connectivity index (χ1n) is 7.33. The predicted molar refractivity (Wildman–Crippen MR) is 93.9 cm³/mol. The summed E-state index contributed by atoms with van der Waals surface area (Å²) in [5.41, 5.74) is 1.27. The molecule has 0 radical (unpaired) electrons. The molecule has 0 aromatic heterocycles. The van der Waals surface area contributed by atoms with E-state index in [0.717, 1.165) is 18.0 Å². The zero-order valence-corrected chi connectivity index (χ0v) is 14.9. The number of ether oxygens (including phenoxy) is 2. The van der Waals surface area contributed by atoms with Crippen molar-refractivity contribution in [2.75, 3.05) is 32.3 Å². The predicted octanol–water partition coefficient (Wildman–Crippen LogP) is 3.94. The number of hydrogen-bond donors (Lipinski definition) is 1. The maximum atomic E-state index is 5.39. The van der Waals surface area contributed by atoms with Crippen LogP contribution in [0.5, 0.6) is 11.5 Å².